The Balaban J connectivity index is 0.00000147. The summed E-state index contributed by atoms with van der Waals surface area (Å²) in [4.78, 5) is 4.26. The molecule has 0 bridgehead atoms. The SMILES string of the molecule is Cc1cc(-c2cccc3c2COCC3CN)ccn1.Cl. The highest BCUT2D eigenvalue weighted by Gasteiger charge is 2.22. The molecule has 0 saturated heterocycles. The number of aryl methyl sites for hydroxylation is 1. The van der Waals surface area contributed by atoms with Gasteiger partial charge in [0.2, 0.25) is 0 Å². The van der Waals surface area contributed by atoms with Crippen molar-refractivity contribution in [2.24, 2.45) is 5.73 Å². The molecule has 3 nitrogen and oxygen atoms in total. The largest absolute Gasteiger partial charge is 0.376 e. The zero-order chi connectivity index (χ0) is 13.2. The smallest absolute Gasteiger partial charge is 0.0725 e. The average Bonchev–Trinajstić information content (AvgIpc) is 2.46. The number of nitrogens with zero attached hydrogens (tertiary/aromatic N) is 1. The Labute approximate surface area is 125 Å². The van der Waals surface area contributed by atoms with E-state index in [1.165, 1.54) is 22.3 Å². The normalized spacial score (nSPS) is 17.2. The Kier molecular flexibility index (Phi) is 4.76. The van der Waals surface area contributed by atoms with E-state index in [-0.39, 0.29) is 12.4 Å². The third-order valence-electron chi connectivity index (χ3n) is 3.71. The molecule has 106 valence electrons. The van der Waals surface area contributed by atoms with E-state index in [0.29, 0.717) is 19.1 Å². The van der Waals surface area contributed by atoms with Gasteiger partial charge in [-0.25, -0.2) is 0 Å². The van der Waals surface area contributed by atoms with Gasteiger partial charge >= 0.3 is 0 Å². The van der Waals surface area contributed by atoms with E-state index in [2.05, 4.69) is 35.3 Å². The molecule has 1 aliphatic rings. The van der Waals surface area contributed by atoms with Crippen LogP contribution in [0.2, 0.25) is 0 Å². The minimum Gasteiger partial charge on any atom is -0.376 e. The van der Waals surface area contributed by atoms with Crippen LogP contribution in [-0.2, 0) is 11.3 Å². The molecule has 0 saturated carbocycles. The van der Waals surface area contributed by atoms with Crippen LogP contribution in [0.4, 0.5) is 0 Å². The van der Waals surface area contributed by atoms with E-state index in [4.69, 9.17) is 10.5 Å². The molecule has 3 rings (SSSR count). The second-order valence-electron chi connectivity index (χ2n) is 5.01. The first-order valence-electron chi connectivity index (χ1n) is 6.62. The molecule has 2 N–H and O–H groups in total. The van der Waals surface area contributed by atoms with Crippen molar-refractivity contribution in [2.75, 3.05) is 13.2 Å². The number of halogens is 1. The molecule has 20 heavy (non-hydrogen) atoms. The summed E-state index contributed by atoms with van der Waals surface area (Å²) >= 11 is 0. The molecule has 2 aromatic rings. The van der Waals surface area contributed by atoms with Gasteiger partial charge in [0.15, 0.2) is 0 Å². The van der Waals surface area contributed by atoms with E-state index in [1.807, 2.05) is 13.1 Å². The highest BCUT2D eigenvalue weighted by molar-refractivity contribution is 5.85. The summed E-state index contributed by atoms with van der Waals surface area (Å²) in [5.74, 6) is 0.312. The molecule has 0 spiro atoms. The first-order valence-corrected chi connectivity index (χ1v) is 6.62. The van der Waals surface area contributed by atoms with Crippen LogP contribution in [0.3, 0.4) is 0 Å². The molecule has 0 aliphatic carbocycles. The van der Waals surface area contributed by atoms with Gasteiger partial charge in [0.25, 0.3) is 0 Å². The highest BCUT2D eigenvalue weighted by atomic mass is 35.5. The van der Waals surface area contributed by atoms with Gasteiger partial charge in [-0.2, -0.15) is 0 Å². The topological polar surface area (TPSA) is 48.1 Å². The zero-order valence-corrected chi connectivity index (χ0v) is 12.3. The van der Waals surface area contributed by atoms with Gasteiger partial charge in [0.05, 0.1) is 13.2 Å². The third kappa shape index (κ3) is 2.70. The molecule has 0 amide bonds. The van der Waals surface area contributed by atoms with Crippen molar-refractivity contribution in [1.82, 2.24) is 4.98 Å². The summed E-state index contributed by atoms with van der Waals surface area (Å²) in [6, 6.07) is 10.6. The second-order valence-corrected chi connectivity index (χ2v) is 5.01. The van der Waals surface area contributed by atoms with Gasteiger partial charge in [-0.05, 0) is 41.3 Å². The van der Waals surface area contributed by atoms with Crippen LogP contribution in [0.15, 0.2) is 36.5 Å². The number of fused-ring (bicyclic) bond motifs is 1. The maximum atomic E-state index is 5.84. The molecule has 0 fully saturated rings. The number of pyridine rings is 1. The van der Waals surface area contributed by atoms with E-state index < -0.39 is 0 Å². The molecular weight excluding hydrogens is 272 g/mol. The van der Waals surface area contributed by atoms with Crippen LogP contribution in [0, 0.1) is 6.92 Å². The summed E-state index contributed by atoms with van der Waals surface area (Å²) < 4.78 is 5.70. The van der Waals surface area contributed by atoms with Crippen molar-refractivity contribution < 1.29 is 4.74 Å². The van der Waals surface area contributed by atoms with Crippen molar-refractivity contribution in [3.63, 3.8) is 0 Å². The van der Waals surface area contributed by atoms with Crippen LogP contribution < -0.4 is 5.73 Å². The highest BCUT2D eigenvalue weighted by Crippen LogP contribution is 2.33. The van der Waals surface area contributed by atoms with E-state index in [0.717, 1.165) is 12.3 Å². The molecule has 1 unspecified atom stereocenters. The molecule has 2 heterocycles. The predicted molar refractivity (Wildman–Crippen MR) is 83.1 cm³/mol. The lowest BCUT2D eigenvalue weighted by atomic mass is 9.88. The van der Waals surface area contributed by atoms with Crippen molar-refractivity contribution in [3.05, 3.63) is 53.3 Å². The maximum Gasteiger partial charge on any atom is 0.0725 e. The first kappa shape index (κ1) is 15.0. The lowest BCUT2D eigenvalue weighted by molar-refractivity contribution is 0.0932. The summed E-state index contributed by atoms with van der Waals surface area (Å²) in [7, 11) is 0. The molecule has 1 aromatic heterocycles. The maximum absolute atomic E-state index is 5.84. The minimum absolute atomic E-state index is 0. The minimum atomic E-state index is 0. The van der Waals surface area contributed by atoms with Crippen LogP contribution >= 0.6 is 12.4 Å². The van der Waals surface area contributed by atoms with Gasteiger partial charge in [-0.15, -0.1) is 12.4 Å². The van der Waals surface area contributed by atoms with E-state index in [9.17, 15) is 0 Å². The summed E-state index contributed by atoms with van der Waals surface area (Å²) in [6.45, 7) is 4.04. The Morgan fingerprint density at radius 1 is 1.35 bits per heavy atom. The Morgan fingerprint density at radius 3 is 2.95 bits per heavy atom. The number of hydrogen-bond acceptors (Lipinski definition) is 3. The van der Waals surface area contributed by atoms with Gasteiger partial charge in [-0.3, -0.25) is 4.98 Å². The summed E-state index contributed by atoms with van der Waals surface area (Å²) in [6.07, 6.45) is 1.86. The van der Waals surface area contributed by atoms with Crippen molar-refractivity contribution >= 4 is 12.4 Å². The Morgan fingerprint density at radius 2 is 2.20 bits per heavy atom. The van der Waals surface area contributed by atoms with Crippen molar-refractivity contribution in [2.45, 2.75) is 19.4 Å². The average molecular weight is 291 g/mol. The van der Waals surface area contributed by atoms with Crippen LogP contribution in [0.25, 0.3) is 11.1 Å². The molecule has 1 aromatic carbocycles. The monoisotopic (exact) mass is 290 g/mol. The van der Waals surface area contributed by atoms with Gasteiger partial charge in [-0.1, -0.05) is 18.2 Å². The number of rotatable bonds is 2. The van der Waals surface area contributed by atoms with Gasteiger partial charge in [0.1, 0.15) is 0 Å². The zero-order valence-electron chi connectivity index (χ0n) is 11.5. The fourth-order valence-electron chi connectivity index (χ4n) is 2.72. The van der Waals surface area contributed by atoms with Crippen molar-refractivity contribution in [3.8, 4) is 11.1 Å². The number of benzene rings is 1. The summed E-state index contributed by atoms with van der Waals surface area (Å²) in [5.41, 5.74) is 11.9. The fourth-order valence-corrected chi connectivity index (χ4v) is 2.72. The van der Waals surface area contributed by atoms with Gasteiger partial charge < -0.3 is 10.5 Å². The second kappa shape index (κ2) is 6.35. The predicted octanol–water partition coefficient (Wildman–Crippen LogP) is 3.05. The van der Waals surface area contributed by atoms with Crippen LogP contribution in [-0.4, -0.2) is 18.1 Å². The van der Waals surface area contributed by atoms with Gasteiger partial charge in [0, 0.05) is 24.4 Å². The third-order valence-corrected chi connectivity index (χ3v) is 3.71. The van der Waals surface area contributed by atoms with Crippen LogP contribution in [0.1, 0.15) is 22.7 Å². The summed E-state index contributed by atoms with van der Waals surface area (Å²) in [5, 5.41) is 0. The molecule has 0 radical (unpaired) electrons. The molecule has 1 atom stereocenters. The number of nitrogens with two attached hydrogens (primary N) is 1. The molecule has 1 aliphatic heterocycles. The van der Waals surface area contributed by atoms with E-state index >= 15 is 0 Å². The number of ether oxygens (including phenoxy) is 1. The van der Waals surface area contributed by atoms with E-state index in [1.54, 1.807) is 0 Å². The Bertz CT molecular complexity index is 601. The Hall–Kier alpha value is -1.42. The standard InChI is InChI=1S/C16H18N2O.ClH/c1-11-7-12(5-6-18-11)14-3-2-4-15-13(8-17)9-19-10-16(14)15;/h2-7,13H,8-10,17H2,1H3;1H. The lowest BCUT2D eigenvalue weighted by Gasteiger charge is -2.26. The van der Waals surface area contributed by atoms with Crippen molar-refractivity contribution in [1.29, 1.82) is 0 Å². The first-order chi connectivity index (χ1) is 9.29. The number of hydrogen-bond donors (Lipinski definition) is 1. The van der Waals surface area contributed by atoms with Crippen LogP contribution in [0.5, 0.6) is 0 Å². The fraction of sp³-hybridized carbons (Fsp3) is 0.312. The molecular formula is C16H19ClN2O. The lowest BCUT2D eigenvalue weighted by Crippen LogP contribution is -2.24. The quantitative estimate of drug-likeness (QED) is 0.925. The number of aromatic nitrogens is 1. The molecule has 4 heteroatoms.